The van der Waals surface area contributed by atoms with Crippen LogP contribution in [0.5, 0.6) is 0 Å². The van der Waals surface area contributed by atoms with E-state index in [9.17, 15) is 9.59 Å². The lowest BCUT2D eigenvalue weighted by atomic mass is 9.86. The molecule has 2 heteroatoms. The highest BCUT2D eigenvalue weighted by molar-refractivity contribution is 6.22. The highest BCUT2D eigenvalue weighted by atomic mass is 16.1. The first kappa shape index (κ1) is 26.9. The fourth-order valence-corrected chi connectivity index (χ4v) is 4.45. The third kappa shape index (κ3) is 10.2. The molecule has 1 aliphatic rings. The summed E-state index contributed by atoms with van der Waals surface area (Å²) in [4.78, 5) is 24.3. The van der Waals surface area contributed by atoms with Gasteiger partial charge in [0.05, 0.1) is 0 Å². The zero-order chi connectivity index (χ0) is 22.7. The summed E-state index contributed by atoms with van der Waals surface area (Å²) in [5, 5.41) is 0. The van der Waals surface area contributed by atoms with Gasteiger partial charge in [-0.25, -0.2) is 0 Å². The number of ketones is 2. The number of carbonyl (C=O) groups excluding carboxylic acids is 2. The van der Waals surface area contributed by atoms with Crippen LogP contribution in [-0.2, 0) is 9.59 Å². The first-order valence-corrected chi connectivity index (χ1v) is 12.6. The van der Waals surface area contributed by atoms with E-state index in [1.807, 2.05) is 0 Å². The van der Waals surface area contributed by atoms with Crippen LogP contribution in [-0.4, -0.2) is 11.6 Å². The monoisotopic (exact) mass is 416 g/mol. The molecule has 0 radical (unpaired) electrons. The Balaban J connectivity index is 2.15. The number of rotatable bonds is 15. The normalized spacial score (nSPS) is 18.1. The Morgan fingerprint density at radius 3 is 1.53 bits per heavy atom. The van der Waals surface area contributed by atoms with Crippen LogP contribution < -0.4 is 0 Å². The van der Waals surface area contributed by atoms with Gasteiger partial charge in [-0.1, -0.05) is 92.4 Å². The molecule has 0 saturated carbocycles. The topological polar surface area (TPSA) is 34.1 Å². The molecule has 3 atom stereocenters. The lowest BCUT2D eigenvalue weighted by Gasteiger charge is -2.18. The predicted octanol–water partition coefficient (Wildman–Crippen LogP) is 8.26. The molecule has 0 amide bonds. The van der Waals surface area contributed by atoms with Gasteiger partial charge in [0.15, 0.2) is 11.6 Å². The van der Waals surface area contributed by atoms with Gasteiger partial charge in [0.2, 0.25) is 0 Å². The number of carbonyl (C=O) groups is 2. The first-order chi connectivity index (χ1) is 14.1. The number of Topliss-reactive ketones (excluding diaryl/α,β-unsaturated/α-hetero) is 1. The minimum Gasteiger partial charge on any atom is -0.290 e. The van der Waals surface area contributed by atoms with Crippen molar-refractivity contribution in [2.75, 3.05) is 0 Å². The largest absolute Gasteiger partial charge is 0.290 e. The molecule has 30 heavy (non-hydrogen) atoms. The van der Waals surface area contributed by atoms with Crippen LogP contribution in [0.25, 0.3) is 0 Å². The maximum Gasteiger partial charge on any atom is 0.185 e. The van der Waals surface area contributed by atoms with Crippen molar-refractivity contribution >= 4 is 11.6 Å². The summed E-state index contributed by atoms with van der Waals surface area (Å²) in [6.45, 7) is 15.3. The predicted molar refractivity (Wildman–Crippen MR) is 130 cm³/mol. The second-order valence-electron chi connectivity index (χ2n) is 10.7. The molecule has 0 heterocycles. The standard InChI is InChI=1S/C28H48O2/c1-20(2)11-8-12-21(3)13-9-14-22(4)15-10-16-23(5)17-18-26-19-27(29)24(6)25(7)28(26)30/h19-23H,8-18H2,1-7H3/t21-,22-,23-/m0/s1. The number of allylic oxidation sites excluding steroid dienone is 4. The molecule has 1 aliphatic carbocycles. The molecule has 172 valence electrons. The van der Waals surface area contributed by atoms with Gasteiger partial charge in [-0.3, -0.25) is 9.59 Å². The Morgan fingerprint density at radius 2 is 1.07 bits per heavy atom. The van der Waals surface area contributed by atoms with E-state index in [0.29, 0.717) is 22.6 Å². The van der Waals surface area contributed by atoms with Crippen molar-refractivity contribution in [2.45, 2.75) is 119 Å². The van der Waals surface area contributed by atoms with E-state index in [-0.39, 0.29) is 11.6 Å². The molecule has 0 spiro atoms. The van der Waals surface area contributed by atoms with E-state index in [4.69, 9.17) is 0 Å². The Morgan fingerprint density at radius 1 is 0.633 bits per heavy atom. The summed E-state index contributed by atoms with van der Waals surface area (Å²) in [6.07, 6.45) is 15.4. The molecule has 0 aromatic rings. The second-order valence-corrected chi connectivity index (χ2v) is 10.7. The summed E-state index contributed by atoms with van der Waals surface area (Å²) in [6, 6.07) is 0. The van der Waals surface area contributed by atoms with Crippen molar-refractivity contribution in [1.29, 1.82) is 0 Å². The van der Waals surface area contributed by atoms with Crippen LogP contribution in [0.15, 0.2) is 22.8 Å². The molecule has 0 aliphatic heterocycles. The summed E-state index contributed by atoms with van der Waals surface area (Å²) in [5.74, 6) is 3.23. The van der Waals surface area contributed by atoms with Crippen LogP contribution in [0.3, 0.4) is 0 Å². The quantitative estimate of drug-likeness (QED) is 0.252. The van der Waals surface area contributed by atoms with Gasteiger partial charge in [-0.05, 0) is 56.4 Å². The number of hydrogen-bond donors (Lipinski definition) is 0. The van der Waals surface area contributed by atoms with Gasteiger partial charge in [-0.15, -0.1) is 0 Å². The Bertz CT molecular complexity index is 608. The fraction of sp³-hybridized carbons (Fsp3) is 0.786. The van der Waals surface area contributed by atoms with Gasteiger partial charge < -0.3 is 0 Å². The van der Waals surface area contributed by atoms with Crippen LogP contribution in [0.2, 0.25) is 0 Å². The van der Waals surface area contributed by atoms with E-state index in [2.05, 4.69) is 34.6 Å². The zero-order valence-corrected chi connectivity index (χ0v) is 21.0. The SMILES string of the molecule is CC1=C(C)C(=O)C(CC[C@@H](C)CCC[C@@H](C)CCC[C@@H](C)CCCC(C)C)=CC1=O. The zero-order valence-electron chi connectivity index (χ0n) is 21.0. The molecule has 1 rings (SSSR count). The van der Waals surface area contributed by atoms with Crippen molar-refractivity contribution in [3.8, 4) is 0 Å². The lowest BCUT2D eigenvalue weighted by Crippen LogP contribution is -2.17. The van der Waals surface area contributed by atoms with Crippen molar-refractivity contribution in [2.24, 2.45) is 23.7 Å². The molecular weight excluding hydrogens is 368 g/mol. The highest BCUT2D eigenvalue weighted by Gasteiger charge is 2.23. The Kier molecular flexibility index (Phi) is 12.5. The molecule has 0 fully saturated rings. The maximum atomic E-state index is 12.4. The first-order valence-electron chi connectivity index (χ1n) is 12.6. The molecule has 0 N–H and O–H groups in total. The van der Waals surface area contributed by atoms with Crippen LogP contribution >= 0.6 is 0 Å². The van der Waals surface area contributed by atoms with Gasteiger partial charge in [0, 0.05) is 16.7 Å². The third-order valence-electron chi connectivity index (χ3n) is 7.04. The van der Waals surface area contributed by atoms with Crippen molar-refractivity contribution in [3.05, 3.63) is 22.8 Å². The lowest BCUT2D eigenvalue weighted by molar-refractivity contribution is -0.116. The van der Waals surface area contributed by atoms with Crippen molar-refractivity contribution in [1.82, 2.24) is 0 Å². The minimum atomic E-state index is 0.0119. The number of hydrogen-bond acceptors (Lipinski definition) is 2. The van der Waals surface area contributed by atoms with E-state index in [0.717, 1.165) is 30.6 Å². The van der Waals surface area contributed by atoms with Gasteiger partial charge >= 0.3 is 0 Å². The fourth-order valence-electron chi connectivity index (χ4n) is 4.45. The molecule has 0 unspecified atom stereocenters. The summed E-state index contributed by atoms with van der Waals surface area (Å²) in [7, 11) is 0. The maximum absolute atomic E-state index is 12.4. The summed E-state index contributed by atoms with van der Waals surface area (Å²) < 4.78 is 0. The Hall–Kier alpha value is -1.18. The highest BCUT2D eigenvalue weighted by Crippen LogP contribution is 2.26. The molecule has 0 aromatic carbocycles. The molecule has 0 aromatic heterocycles. The Labute approximate surface area is 187 Å². The van der Waals surface area contributed by atoms with E-state index >= 15 is 0 Å². The average Bonchev–Trinajstić information content (AvgIpc) is 2.67. The van der Waals surface area contributed by atoms with E-state index < -0.39 is 0 Å². The second kappa shape index (κ2) is 14.0. The van der Waals surface area contributed by atoms with Crippen LogP contribution in [0, 0.1) is 23.7 Å². The van der Waals surface area contributed by atoms with Crippen LogP contribution in [0.4, 0.5) is 0 Å². The molecular formula is C28H48O2. The third-order valence-corrected chi connectivity index (χ3v) is 7.04. The van der Waals surface area contributed by atoms with Gasteiger partial charge in [-0.2, -0.15) is 0 Å². The van der Waals surface area contributed by atoms with Crippen molar-refractivity contribution in [3.63, 3.8) is 0 Å². The average molecular weight is 417 g/mol. The molecule has 0 bridgehead atoms. The molecule has 2 nitrogen and oxygen atoms in total. The van der Waals surface area contributed by atoms with E-state index in [1.165, 1.54) is 57.8 Å². The van der Waals surface area contributed by atoms with Crippen LogP contribution in [0.1, 0.15) is 119 Å². The summed E-state index contributed by atoms with van der Waals surface area (Å²) in [5.41, 5.74) is 1.95. The van der Waals surface area contributed by atoms with Gasteiger partial charge in [0.1, 0.15) is 0 Å². The van der Waals surface area contributed by atoms with Crippen molar-refractivity contribution < 1.29 is 9.59 Å². The van der Waals surface area contributed by atoms with Gasteiger partial charge in [0.25, 0.3) is 0 Å². The molecule has 0 saturated heterocycles. The van der Waals surface area contributed by atoms with E-state index in [1.54, 1.807) is 19.9 Å². The summed E-state index contributed by atoms with van der Waals surface area (Å²) >= 11 is 0. The smallest absolute Gasteiger partial charge is 0.185 e. The minimum absolute atomic E-state index is 0.0119.